The minimum atomic E-state index is -4.74. The van der Waals surface area contributed by atoms with Crippen LogP contribution in [0.5, 0.6) is 0 Å². The third-order valence-electron chi connectivity index (χ3n) is 3.86. The van der Waals surface area contributed by atoms with Crippen LogP contribution in [-0.2, 0) is 25.8 Å². The minimum absolute atomic E-state index is 0.0582. The normalized spacial score (nSPS) is 12.4. The summed E-state index contributed by atoms with van der Waals surface area (Å²) in [5, 5.41) is 2.65. The second kappa shape index (κ2) is 9.41. The quantitative estimate of drug-likeness (QED) is 0.675. The number of alkyl halides is 2. The first-order chi connectivity index (χ1) is 13.2. The van der Waals surface area contributed by atoms with Gasteiger partial charge in [-0.05, 0) is 43.2 Å². The molecule has 9 heteroatoms. The first-order valence-electron chi connectivity index (χ1n) is 8.36. The van der Waals surface area contributed by atoms with Gasteiger partial charge in [0, 0.05) is 6.54 Å². The van der Waals surface area contributed by atoms with Gasteiger partial charge >= 0.3 is 11.7 Å². The van der Waals surface area contributed by atoms with E-state index in [9.17, 15) is 26.8 Å². The van der Waals surface area contributed by atoms with Gasteiger partial charge in [0.05, 0.1) is 10.5 Å². The van der Waals surface area contributed by atoms with E-state index in [-0.39, 0.29) is 5.56 Å². The molecule has 28 heavy (non-hydrogen) atoms. The van der Waals surface area contributed by atoms with Crippen molar-refractivity contribution in [1.29, 1.82) is 0 Å². The smallest absolute Gasteiger partial charge is 0.341 e. The van der Waals surface area contributed by atoms with Gasteiger partial charge in [-0.2, -0.15) is 8.78 Å². The largest absolute Gasteiger partial charge is 0.449 e. The maximum Gasteiger partial charge on any atom is 0.341 e. The Morgan fingerprint density at radius 1 is 1.04 bits per heavy atom. The molecule has 1 atom stereocenters. The van der Waals surface area contributed by atoms with E-state index in [4.69, 9.17) is 4.74 Å². The van der Waals surface area contributed by atoms with E-state index in [1.165, 1.54) is 6.92 Å². The lowest BCUT2D eigenvalue weighted by molar-refractivity contribution is -0.129. The molecule has 2 aromatic rings. The van der Waals surface area contributed by atoms with Gasteiger partial charge in [0.1, 0.15) is 0 Å². The van der Waals surface area contributed by atoms with Gasteiger partial charge in [0.25, 0.3) is 5.91 Å². The first-order valence-corrected chi connectivity index (χ1v) is 9.91. The standard InChI is InChI=1S/C19H19F2NO5S/c1-13(17(23)22-12-11-14-5-3-2-4-6-14)27-18(24)15-7-9-16(10-8-15)28(25,26)19(20)21/h2-10,13,19H,11-12H2,1H3,(H,22,23)/t13-/m0/s1. The highest BCUT2D eigenvalue weighted by molar-refractivity contribution is 7.91. The molecule has 1 N–H and O–H groups in total. The van der Waals surface area contributed by atoms with Crippen LogP contribution < -0.4 is 5.32 Å². The molecule has 0 aromatic heterocycles. The van der Waals surface area contributed by atoms with Crippen molar-refractivity contribution in [3.05, 3.63) is 65.7 Å². The summed E-state index contributed by atoms with van der Waals surface area (Å²) in [6.07, 6.45) is -0.458. The lowest BCUT2D eigenvalue weighted by Crippen LogP contribution is -2.36. The van der Waals surface area contributed by atoms with Crippen LogP contribution in [0.4, 0.5) is 8.78 Å². The summed E-state index contributed by atoms with van der Waals surface area (Å²) in [5.74, 6) is -4.90. The lowest BCUT2D eigenvalue weighted by Gasteiger charge is -2.14. The molecule has 0 aliphatic rings. The van der Waals surface area contributed by atoms with E-state index < -0.39 is 38.5 Å². The number of carbonyl (C=O) groups is 2. The number of sulfone groups is 1. The lowest BCUT2D eigenvalue weighted by atomic mass is 10.1. The molecular formula is C19H19F2NO5S. The molecular weight excluding hydrogens is 392 g/mol. The molecule has 0 spiro atoms. The highest BCUT2D eigenvalue weighted by atomic mass is 32.2. The highest BCUT2D eigenvalue weighted by Gasteiger charge is 2.27. The van der Waals surface area contributed by atoms with Gasteiger partial charge in [0.2, 0.25) is 9.84 Å². The van der Waals surface area contributed by atoms with E-state index in [0.717, 1.165) is 29.8 Å². The van der Waals surface area contributed by atoms with Gasteiger partial charge in [0.15, 0.2) is 6.10 Å². The monoisotopic (exact) mass is 411 g/mol. The van der Waals surface area contributed by atoms with Crippen molar-refractivity contribution < 1.29 is 31.5 Å². The van der Waals surface area contributed by atoms with Gasteiger partial charge < -0.3 is 10.1 Å². The van der Waals surface area contributed by atoms with E-state index >= 15 is 0 Å². The minimum Gasteiger partial charge on any atom is -0.449 e. The predicted octanol–water partition coefficient (Wildman–Crippen LogP) is 2.59. The second-order valence-electron chi connectivity index (χ2n) is 5.90. The summed E-state index contributed by atoms with van der Waals surface area (Å²) >= 11 is 0. The summed E-state index contributed by atoms with van der Waals surface area (Å²) in [4.78, 5) is 23.5. The number of benzene rings is 2. The van der Waals surface area contributed by atoms with Crippen molar-refractivity contribution in [3.63, 3.8) is 0 Å². The molecule has 1 amide bonds. The van der Waals surface area contributed by atoms with E-state index in [1.807, 2.05) is 30.3 Å². The Bertz CT molecular complexity index is 915. The van der Waals surface area contributed by atoms with Crippen LogP contribution in [0.1, 0.15) is 22.8 Å². The summed E-state index contributed by atoms with van der Waals surface area (Å²) in [5.41, 5.74) is 0.989. The number of amides is 1. The molecule has 0 aliphatic heterocycles. The molecule has 0 aliphatic carbocycles. The number of hydrogen-bond acceptors (Lipinski definition) is 5. The highest BCUT2D eigenvalue weighted by Crippen LogP contribution is 2.19. The Kier molecular flexibility index (Phi) is 7.22. The van der Waals surface area contributed by atoms with Gasteiger partial charge in [-0.1, -0.05) is 30.3 Å². The Balaban J connectivity index is 1.88. The fourth-order valence-corrected chi connectivity index (χ4v) is 3.01. The predicted molar refractivity (Wildman–Crippen MR) is 97.7 cm³/mol. The summed E-state index contributed by atoms with van der Waals surface area (Å²) in [6.45, 7) is 1.76. The van der Waals surface area contributed by atoms with Crippen LogP contribution in [0.3, 0.4) is 0 Å². The molecule has 2 aromatic carbocycles. The molecule has 0 saturated heterocycles. The zero-order valence-electron chi connectivity index (χ0n) is 15.0. The van der Waals surface area contributed by atoms with Crippen LogP contribution in [0.2, 0.25) is 0 Å². The van der Waals surface area contributed by atoms with Crippen molar-refractivity contribution in [2.45, 2.75) is 30.1 Å². The molecule has 0 bridgehead atoms. The number of carbonyl (C=O) groups excluding carboxylic acids is 2. The number of rotatable bonds is 8. The molecule has 0 fully saturated rings. The second-order valence-corrected chi connectivity index (χ2v) is 7.82. The summed E-state index contributed by atoms with van der Waals surface area (Å²) in [6, 6.07) is 13.4. The maximum absolute atomic E-state index is 12.5. The molecule has 6 nitrogen and oxygen atoms in total. The Morgan fingerprint density at radius 3 is 2.21 bits per heavy atom. The fourth-order valence-electron chi connectivity index (χ4n) is 2.28. The number of halogens is 2. The van der Waals surface area contributed by atoms with E-state index in [1.54, 1.807) is 0 Å². The maximum atomic E-state index is 12.5. The number of nitrogens with one attached hydrogen (secondary N) is 1. The average Bonchev–Trinajstić information content (AvgIpc) is 2.68. The number of esters is 1. The summed E-state index contributed by atoms with van der Waals surface area (Å²) in [7, 11) is -4.74. The summed E-state index contributed by atoms with van der Waals surface area (Å²) < 4.78 is 52.8. The SMILES string of the molecule is C[C@H](OC(=O)c1ccc(S(=O)(=O)C(F)F)cc1)C(=O)NCCc1ccccc1. The van der Waals surface area contributed by atoms with Crippen molar-refractivity contribution in [2.75, 3.05) is 6.54 Å². The van der Waals surface area contributed by atoms with Crippen LogP contribution >= 0.6 is 0 Å². The van der Waals surface area contributed by atoms with Crippen molar-refractivity contribution in [3.8, 4) is 0 Å². The Hall–Kier alpha value is -2.81. The Labute approximate surface area is 161 Å². The third kappa shape index (κ3) is 5.59. The molecule has 2 rings (SSSR count). The zero-order chi connectivity index (χ0) is 20.7. The van der Waals surface area contributed by atoms with Gasteiger partial charge in [-0.15, -0.1) is 0 Å². The van der Waals surface area contributed by atoms with Crippen molar-refractivity contribution in [2.24, 2.45) is 0 Å². The van der Waals surface area contributed by atoms with Crippen LogP contribution in [-0.4, -0.2) is 38.7 Å². The average molecular weight is 411 g/mol. The molecule has 0 unspecified atom stereocenters. The zero-order valence-corrected chi connectivity index (χ0v) is 15.8. The van der Waals surface area contributed by atoms with Crippen molar-refractivity contribution >= 4 is 21.7 Å². The molecule has 150 valence electrons. The topological polar surface area (TPSA) is 89.5 Å². The number of ether oxygens (including phenoxy) is 1. The van der Waals surface area contributed by atoms with Crippen LogP contribution in [0, 0.1) is 0 Å². The Morgan fingerprint density at radius 2 is 1.64 bits per heavy atom. The molecule has 0 radical (unpaired) electrons. The first kappa shape index (κ1) is 21.5. The fraction of sp³-hybridized carbons (Fsp3) is 0.263. The third-order valence-corrected chi connectivity index (χ3v) is 5.26. The van der Waals surface area contributed by atoms with Crippen LogP contribution in [0.25, 0.3) is 0 Å². The molecule has 0 heterocycles. The number of hydrogen-bond donors (Lipinski definition) is 1. The van der Waals surface area contributed by atoms with Crippen LogP contribution in [0.15, 0.2) is 59.5 Å². The molecule has 0 saturated carbocycles. The van der Waals surface area contributed by atoms with Gasteiger partial charge in [-0.3, -0.25) is 4.79 Å². The van der Waals surface area contributed by atoms with E-state index in [0.29, 0.717) is 13.0 Å². The van der Waals surface area contributed by atoms with Crippen molar-refractivity contribution in [1.82, 2.24) is 5.32 Å². The van der Waals surface area contributed by atoms with E-state index in [2.05, 4.69) is 5.32 Å². The van der Waals surface area contributed by atoms with Gasteiger partial charge in [-0.25, -0.2) is 13.2 Å².